The van der Waals surface area contributed by atoms with Crippen molar-refractivity contribution in [1.29, 1.82) is 0 Å². The molecule has 7 heteroatoms. The van der Waals surface area contributed by atoms with Crippen molar-refractivity contribution in [2.45, 2.75) is 32.7 Å². The lowest BCUT2D eigenvalue weighted by atomic mass is 9.98. The van der Waals surface area contributed by atoms with Crippen molar-refractivity contribution >= 4 is 21.4 Å². The maximum Gasteiger partial charge on any atom is 0.229 e. The lowest BCUT2D eigenvalue weighted by Crippen LogP contribution is -2.16. The van der Waals surface area contributed by atoms with Crippen LogP contribution in [0.4, 0.5) is 11.4 Å². The van der Waals surface area contributed by atoms with Gasteiger partial charge in [0.2, 0.25) is 10.0 Å². The highest BCUT2D eigenvalue weighted by molar-refractivity contribution is 7.92. The van der Waals surface area contributed by atoms with Gasteiger partial charge in [0.15, 0.2) is 0 Å². The van der Waals surface area contributed by atoms with E-state index < -0.39 is 10.0 Å². The number of hydrogen-bond donors (Lipinski definition) is 2. The molecule has 4 rings (SSSR count). The summed E-state index contributed by atoms with van der Waals surface area (Å²) in [5, 5.41) is 3.64. The highest BCUT2D eigenvalue weighted by atomic mass is 32.2. The Labute approximate surface area is 225 Å². The predicted octanol–water partition coefficient (Wildman–Crippen LogP) is 7.34. The fraction of sp³-hybridized carbons (Fsp3) is 0.226. The number of nitrogens with one attached hydrogen (secondary N) is 2. The maximum absolute atomic E-state index is 11.8. The standard InChI is InChI=1S/C31H34N2O4S/c1-4-20-36-27-12-8-13-28(22-27)37-26-18-16-25(17-19-26)31(21-24-10-6-5-7-11-24)32-29-14-9-15-30(23(29)2)33-38(3,34)35/h5-19,22,31-33H,4,20-21H2,1-3H3. The average molecular weight is 531 g/mol. The second-order valence-corrected chi connectivity index (χ2v) is 11.0. The molecular formula is C31H34N2O4S. The summed E-state index contributed by atoms with van der Waals surface area (Å²) in [4.78, 5) is 0. The van der Waals surface area contributed by atoms with Crippen LogP contribution in [-0.4, -0.2) is 21.3 Å². The van der Waals surface area contributed by atoms with Crippen molar-refractivity contribution in [1.82, 2.24) is 0 Å². The Bertz CT molecular complexity index is 1440. The van der Waals surface area contributed by atoms with Gasteiger partial charge in [0.25, 0.3) is 0 Å². The summed E-state index contributed by atoms with van der Waals surface area (Å²) in [5.41, 5.74) is 4.54. The average Bonchev–Trinajstić information content (AvgIpc) is 2.90. The Hall–Kier alpha value is -3.97. The molecule has 0 aliphatic rings. The molecule has 2 N–H and O–H groups in total. The van der Waals surface area contributed by atoms with E-state index in [1.54, 1.807) is 6.07 Å². The van der Waals surface area contributed by atoms with Gasteiger partial charge in [0, 0.05) is 11.8 Å². The summed E-state index contributed by atoms with van der Waals surface area (Å²) < 4.78 is 38.1. The fourth-order valence-electron chi connectivity index (χ4n) is 4.14. The zero-order chi connectivity index (χ0) is 27.0. The summed E-state index contributed by atoms with van der Waals surface area (Å²) in [6, 6.07) is 31.5. The third kappa shape index (κ3) is 7.76. The van der Waals surface area contributed by atoms with Gasteiger partial charge >= 0.3 is 0 Å². The molecule has 198 valence electrons. The first kappa shape index (κ1) is 27.1. The van der Waals surface area contributed by atoms with E-state index in [0.29, 0.717) is 12.3 Å². The van der Waals surface area contributed by atoms with E-state index in [1.165, 1.54) is 5.56 Å². The van der Waals surface area contributed by atoms with E-state index in [9.17, 15) is 8.42 Å². The molecule has 0 saturated heterocycles. The summed E-state index contributed by atoms with van der Waals surface area (Å²) in [6.45, 7) is 4.65. The summed E-state index contributed by atoms with van der Waals surface area (Å²) >= 11 is 0. The number of sulfonamides is 1. The monoisotopic (exact) mass is 530 g/mol. The first-order chi connectivity index (χ1) is 18.3. The van der Waals surface area contributed by atoms with Crippen molar-refractivity contribution in [2.24, 2.45) is 0 Å². The quantitative estimate of drug-likeness (QED) is 0.200. The van der Waals surface area contributed by atoms with Crippen LogP contribution in [0.5, 0.6) is 17.2 Å². The minimum Gasteiger partial charge on any atom is -0.493 e. The predicted molar refractivity (Wildman–Crippen MR) is 155 cm³/mol. The molecule has 0 aromatic heterocycles. The molecule has 0 amide bonds. The van der Waals surface area contributed by atoms with Gasteiger partial charge in [-0.2, -0.15) is 0 Å². The molecule has 1 unspecified atom stereocenters. The fourth-order valence-corrected chi connectivity index (χ4v) is 4.76. The number of hydrogen-bond acceptors (Lipinski definition) is 5. The normalized spacial score (nSPS) is 12.0. The summed E-state index contributed by atoms with van der Waals surface area (Å²) in [7, 11) is -3.38. The van der Waals surface area contributed by atoms with Crippen LogP contribution in [0.2, 0.25) is 0 Å². The Balaban J connectivity index is 1.57. The minimum absolute atomic E-state index is 0.0515. The van der Waals surface area contributed by atoms with Crippen molar-refractivity contribution in [2.75, 3.05) is 22.9 Å². The first-order valence-electron chi connectivity index (χ1n) is 12.7. The molecule has 0 heterocycles. The maximum atomic E-state index is 11.8. The summed E-state index contributed by atoms with van der Waals surface area (Å²) in [5.74, 6) is 2.24. The molecule has 4 aromatic carbocycles. The van der Waals surface area contributed by atoms with Crippen LogP contribution in [0.25, 0.3) is 0 Å². The van der Waals surface area contributed by atoms with Crippen LogP contribution >= 0.6 is 0 Å². The molecule has 1 atom stereocenters. The van der Waals surface area contributed by atoms with E-state index >= 15 is 0 Å². The van der Waals surface area contributed by atoms with Crippen LogP contribution in [0, 0.1) is 6.92 Å². The Morgan fingerprint density at radius 2 is 1.47 bits per heavy atom. The second-order valence-electron chi connectivity index (χ2n) is 9.23. The molecular weight excluding hydrogens is 496 g/mol. The Kier molecular flexibility index (Phi) is 8.92. The lowest BCUT2D eigenvalue weighted by molar-refractivity contribution is 0.316. The third-order valence-corrected chi connectivity index (χ3v) is 6.63. The SMILES string of the molecule is CCCOc1cccc(Oc2ccc(C(Cc3ccccc3)Nc3cccc(NS(C)(=O)=O)c3C)cc2)c1. The molecule has 0 radical (unpaired) electrons. The highest BCUT2D eigenvalue weighted by Crippen LogP contribution is 2.31. The molecule has 0 bridgehead atoms. The molecule has 0 aliphatic carbocycles. The zero-order valence-corrected chi connectivity index (χ0v) is 22.8. The van der Waals surface area contributed by atoms with Gasteiger partial charge in [-0.1, -0.05) is 61.5 Å². The van der Waals surface area contributed by atoms with Crippen LogP contribution in [0.3, 0.4) is 0 Å². The van der Waals surface area contributed by atoms with Gasteiger partial charge < -0.3 is 14.8 Å². The molecule has 0 saturated carbocycles. The van der Waals surface area contributed by atoms with Gasteiger partial charge in [-0.15, -0.1) is 0 Å². The molecule has 0 fully saturated rings. The van der Waals surface area contributed by atoms with Crippen molar-refractivity contribution in [3.63, 3.8) is 0 Å². The largest absolute Gasteiger partial charge is 0.493 e. The van der Waals surface area contributed by atoms with E-state index in [1.807, 2.05) is 73.7 Å². The number of ether oxygens (including phenoxy) is 2. The van der Waals surface area contributed by atoms with Gasteiger partial charge in [-0.3, -0.25) is 4.72 Å². The molecule has 0 aliphatic heterocycles. The van der Waals surface area contributed by atoms with E-state index in [-0.39, 0.29) is 6.04 Å². The molecule has 38 heavy (non-hydrogen) atoms. The van der Waals surface area contributed by atoms with Crippen LogP contribution in [0.15, 0.2) is 97.1 Å². The van der Waals surface area contributed by atoms with Crippen molar-refractivity contribution < 1.29 is 17.9 Å². The molecule has 6 nitrogen and oxygen atoms in total. The molecule has 4 aromatic rings. The number of rotatable bonds is 12. The van der Waals surface area contributed by atoms with Crippen molar-refractivity contribution in [3.8, 4) is 17.2 Å². The van der Waals surface area contributed by atoms with Gasteiger partial charge in [-0.25, -0.2) is 8.42 Å². The zero-order valence-electron chi connectivity index (χ0n) is 22.0. The number of benzene rings is 4. The van der Waals surface area contributed by atoms with Crippen LogP contribution < -0.4 is 19.5 Å². The van der Waals surface area contributed by atoms with E-state index in [0.717, 1.165) is 53.2 Å². The first-order valence-corrected chi connectivity index (χ1v) is 14.6. The van der Waals surface area contributed by atoms with Gasteiger partial charge in [-0.05, 0) is 72.9 Å². The summed E-state index contributed by atoms with van der Waals surface area (Å²) in [6.07, 6.45) is 2.85. The van der Waals surface area contributed by atoms with E-state index in [4.69, 9.17) is 9.47 Å². The minimum atomic E-state index is -3.38. The van der Waals surface area contributed by atoms with Crippen LogP contribution in [0.1, 0.15) is 36.1 Å². The smallest absolute Gasteiger partial charge is 0.229 e. The second kappa shape index (κ2) is 12.5. The highest BCUT2D eigenvalue weighted by Gasteiger charge is 2.16. The third-order valence-electron chi connectivity index (χ3n) is 6.04. The van der Waals surface area contributed by atoms with Gasteiger partial charge in [0.1, 0.15) is 17.2 Å². The lowest BCUT2D eigenvalue weighted by Gasteiger charge is -2.23. The Morgan fingerprint density at radius 1 is 0.789 bits per heavy atom. The topological polar surface area (TPSA) is 76.7 Å². The van der Waals surface area contributed by atoms with Gasteiger partial charge in [0.05, 0.1) is 24.6 Å². The Morgan fingerprint density at radius 3 is 2.18 bits per heavy atom. The van der Waals surface area contributed by atoms with Crippen molar-refractivity contribution in [3.05, 3.63) is 114 Å². The number of anilines is 2. The van der Waals surface area contributed by atoms with Crippen LogP contribution in [-0.2, 0) is 16.4 Å². The molecule has 0 spiro atoms. The van der Waals surface area contributed by atoms with E-state index in [2.05, 4.69) is 41.2 Å².